The van der Waals surface area contributed by atoms with Gasteiger partial charge in [-0.15, -0.1) is 0 Å². The molecular formula is C21H15BrN2O3. The van der Waals surface area contributed by atoms with Gasteiger partial charge in [0.05, 0.1) is 12.1 Å². The van der Waals surface area contributed by atoms with Crippen molar-refractivity contribution in [3.8, 4) is 11.9 Å². The SMILES string of the molecule is Cc1c(C(=O)c2ccccc2Br)c(O)n(Cc2ccccc2)c(=O)c1C#N. The predicted octanol–water partition coefficient (Wildman–Crippen LogP) is 3.78. The van der Waals surface area contributed by atoms with Crippen molar-refractivity contribution in [2.24, 2.45) is 0 Å². The molecular weight excluding hydrogens is 408 g/mol. The van der Waals surface area contributed by atoms with E-state index < -0.39 is 17.2 Å². The van der Waals surface area contributed by atoms with Crippen LogP contribution in [-0.4, -0.2) is 15.5 Å². The van der Waals surface area contributed by atoms with Crippen LogP contribution < -0.4 is 5.56 Å². The topological polar surface area (TPSA) is 83.1 Å². The van der Waals surface area contributed by atoms with Gasteiger partial charge in [0, 0.05) is 10.0 Å². The molecule has 2 aromatic carbocycles. The van der Waals surface area contributed by atoms with E-state index in [4.69, 9.17) is 0 Å². The molecule has 0 fully saturated rings. The average Bonchev–Trinajstić information content (AvgIpc) is 2.66. The number of nitriles is 1. The van der Waals surface area contributed by atoms with Crippen LogP contribution in [0.5, 0.6) is 5.88 Å². The second-order valence-corrected chi connectivity index (χ2v) is 6.85. The van der Waals surface area contributed by atoms with Crippen LogP contribution in [0.15, 0.2) is 63.9 Å². The molecule has 5 nitrogen and oxygen atoms in total. The predicted molar refractivity (Wildman–Crippen MR) is 105 cm³/mol. The molecule has 6 heteroatoms. The number of nitrogens with zero attached hydrogens (tertiary/aromatic N) is 2. The van der Waals surface area contributed by atoms with Crippen molar-refractivity contribution in [1.82, 2.24) is 4.57 Å². The van der Waals surface area contributed by atoms with Crippen molar-refractivity contribution in [1.29, 1.82) is 5.26 Å². The molecule has 0 aliphatic carbocycles. The zero-order valence-corrected chi connectivity index (χ0v) is 16.0. The summed E-state index contributed by atoms with van der Waals surface area (Å²) < 4.78 is 1.62. The van der Waals surface area contributed by atoms with Crippen LogP contribution in [0.4, 0.5) is 0 Å². The van der Waals surface area contributed by atoms with Gasteiger partial charge in [-0.25, -0.2) is 0 Å². The molecule has 0 unspecified atom stereocenters. The quantitative estimate of drug-likeness (QED) is 0.648. The van der Waals surface area contributed by atoms with Crippen molar-refractivity contribution >= 4 is 21.7 Å². The molecule has 0 aliphatic heterocycles. The lowest BCUT2D eigenvalue weighted by atomic mass is 9.97. The van der Waals surface area contributed by atoms with E-state index in [1.54, 1.807) is 36.4 Å². The molecule has 0 atom stereocenters. The minimum absolute atomic E-state index is 0.0472. The Balaban J connectivity index is 2.24. The monoisotopic (exact) mass is 422 g/mol. The van der Waals surface area contributed by atoms with Gasteiger partial charge in [-0.05, 0) is 30.2 Å². The first-order valence-corrected chi connectivity index (χ1v) is 8.94. The van der Waals surface area contributed by atoms with Gasteiger partial charge in [-0.1, -0.05) is 58.4 Å². The molecule has 0 aliphatic rings. The Kier molecular flexibility index (Phi) is 5.24. The van der Waals surface area contributed by atoms with Crippen LogP contribution >= 0.6 is 15.9 Å². The number of rotatable bonds is 4. The maximum atomic E-state index is 13.1. The van der Waals surface area contributed by atoms with E-state index in [9.17, 15) is 20.0 Å². The fourth-order valence-electron chi connectivity index (χ4n) is 2.92. The van der Waals surface area contributed by atoms with Gasteiger partial charge in [-0.3, -0.25) is 14.2 Å². The lowest BCUT2D eigenvalue weighted by Gasteiger charge is -2.16. The minimum atomic E-state index is -0.625. The maximum absolute atomic E-state index is 13.1. The summed E-state index contributed by atoms with van der Waals surface area (Å²) >= 11 is 3.33. The number of carbonyl (C=O) groups excluding carboxylic acids is 1. The van der Waals surface area contributed by atoms with Crippen molar-refractivity contribution in [2.45, 2.75) is 13.5 Å². The molecule has 1 aromatic heterocycles. The Bertz CT molecular complexity index is 1130. The first-order valence-electron chi connectivity index (χ1n) is 8.15. The van der Waals surface area contributed by atoms with Crippen LogP contribution in [0.25, 0.3) is 0 Å². The molecule has 0 spiro atoms. The second kappa shape index (κ2) is 7.60. The van der Waals surface area contributed by atoms with Crippen molar-refractivity contribution < 1.29 is 9.90 Å². The van der Waals surface area contributed by atoms with E-state index in [-0.39, 0.29) is 23.2 Å². The molecule has 0 saturated heterocycles. The maximum Gasteiger partial charge on any atom is 0.271 e. The van der Waals surface area contributed by atoms with E-state index in [0.717, 1.165) is 10.1 Å². The molecule has 3 aromatic rings. The van der Waals surface area contributed by atoms with Crippen LogP contribution in [0, 0.1) is 18.3 Å². The summed E-state index contributed by atoms with van der Waals surface area (Å²) in [6.07, 6.45) is 0. The van der Waals surface area contributed by atoms with Crippen LogP contribution in [0.3, 0.4) is 0 Å². The third-order valence-corrected chi connectivity index (χ3v) is 5.02. The number of aromatic hydroxyl groups is 1. The number of carbonyl (C=O) groups is 1. The molecule has 1 heterocycles. The van der Waals surface area contributed by atoms with Crippen LogP contribution in [-0.2, 0) is 6.54 Å². The number of halogens is 1. The highest BCUT2D eigenvalue weighted by atomic mass is 79.9. The smallest absolute Gasteiger partial charge is 0.271 e. The van der Waals surface area contributed by atoms with Gasteiger partial charge in [0.2, 0.25) is 5.88 Å². The Morgan fingerprint density at radius 3 is 2.41 bits per heavy atom. The van der Waals surface area contributed by atoms with E-state index in [2.05, 4.69) is 15.9 Å². The molecule has 1 N–H and O–H groups in total. The minimum Gasteiger partial charge on any atom is -0.494 e. The Labute approximate surface area is 164 Å². The number of aromatic nitrogens is 1. The molecule has 3 rings (SSSR count). The van der Waals surface area contributed by atoms with Gasteiger partial charge in [0.25, 0.3) is 5.56 Å². The lowest BCUT2D eigenvalue weighted by molar-refractivity contribution is 0.103. The average molecular weight is 423 g/mol. The number of benzene rings is 2. The number of hydrogen-bond donors (Lipinski definition) is 1. The van der Waals surface area contributed by atoms with Gasteiger partial charge < -0.3 is 5.11 Å². The fraction of sp³-hybridized carbons (Fsp3) is 0.0952. The summed E-state index contributed by atoms with van der Waals surface area (Å²) in [5.41, 5.74) is 0.449. The molecule has 0 amide bonds. The Hall–Kier alpha value is -3.17. The normalized spacial score (nSPS) is 10.4. The fourth-order valence-corrected chi connectivity index (χ4v) is 3.38. The van der Waals surface area contributed by atoms with Gasteiger partial charge in [-0.2, -0.15) is 5.26 Å². The van der Waals surface area contributed by atoms with Crippen molar-refractivity contribution in [3.63, 3.8) is 0 Å². The van der Waals surface area contributed by atoms with Crippen LogP contribution in [0.2, 0.25) is 0 Å². The molecule has 0 bridgehead atoms. The first-order chi connectivity index (χ1) is 13.0. The van der Waals surface area contributed by atoms with Crippen LogP contribution in [0.1, 0.15) is 32.6 Å². The van der Waals surface area contributed by atoms with E-state index in [1.807, 2.05) is 24.3 Å². The van der Waals surface area contributed by atoms with E-state index in [1.165, 1.54) is 6.92 Å². The highest BCUT2D eigenvalue weighted by Gasteiger charge is 2.25. The molecule has 0 saturated carbocycles. The number of pyridine rings is 1. The van der Waals surface area contributed by atoms with E-state index >= 15 is 0 Å². The number of hydrogen-bond acceptors (Lipinski definition) is 4. The first kappa shape index (κ1) is 18.6. The third kappa shape index (κ3) is 3.42. The van der Waals surface area contributed by atoms with Crippen molar-refractivity contribution in [3.05, 3.63) is 97.2 Å². The summed E-state index contributed by atoms with van der Waals surface area (Å²) in [6.45, 7) is 1.55. The van der Waals surface area contributed by atoms with Gasteiger partial charge in [0.15, 0.2) is 5.78 Å². The number of ketones is 1. The summed E-state index contributed by atoms with van der Waals surface area (Å²) in [5.74, 6) is -0.906. The molecule has 27 heavy (non-hydrogen) atoms. The Morgan fingerprint density at radius 2 is 1.78 bits per heavy atom. The second-order valence-electron chi connectivity index (χ2n) is 6.00. The standard InChI is InChI=1S/C21H15BrN2O3/c1-13-16(11-23)20(26)24(12-14-7-3-2-4-8-14)21(27)18(13)19(25)15-9-5-6-10-17(15)22/h2-10,27H,12H2,1H3. The van der Waals surface area contributed by atoms with E-state index in [0.29, 0.717) is 10.0 Å². The largest absolute Gasteiger partial charge is 0.494 e. The molecule has 134 valence electrons. The zero-order chi connectivity index (χ0) is 19.6. The zero-order valence-electron chi connectivity index (χ0n) is 14.4. The molecule has 0 radical (unpaired) electrons. The third-order valence-electron chi connectivity index (χ3n) is 4.33. The van der Waals surface area contributed by atoms with Crippen molar-refractivity contribution in [2.75, 3.05) is 0 Å². The lowest BCUT2D eigenvalue weighted by Crippen LogP contribution is -2.27. The van der Waals surface area contributed by atoms with Gasteiger partial charge >= 0.3 is 0 Å². The highest BCUT2D eigenvalue weighted by molar-refractivity contribution is 9.10. The highest BCUT2D eigenvalue weighted by Crippen LogP contribution is 2.28. The summed E-state index contributed by atoms with van der Waals surface area (Å²) in [6, 6.07) is 17.7. The summed E-state index contributed by atoms with van der Waals surface area (Å²) in [5, 5.41) is 20.2. The summed E-state index contributed by atoms with van der Waals surface area (Å²) in [7, 11) is 0. The van der Waals surface area contributed by atoms with Gasteiger partial charge in [0.1, 0.15) is 11.6 Å². The summed E-state index contributed by atoms with van der Waals surface area (Å²) in [4.78, 5) is 25.8. The Morgan fingerprint density at radius 1 is 1.15 bits per heavy atom.